The van der Waals surface area contributed by atoms with E-state index >= 15 is 0 Å². The Morgan fingerprint density at radius 3 is 2.71 bits per heavy atom. The van der Waals surface area contributed by atoms with E-state index in [0.29, 0.717) is 19.6 Å². The van der Waals surface area contributed by atoms with Crippen molar-refractivity contribution in [2.24, 2.45) is 0 Å². The van der Waals surface area contributed by atoms with Crippen molar-refractivity contribution in [1.82, 2.24) is 9.80 Å². The summed E-state index contributed by atoms with van der Waals surface area (Å²) in [6, 6.07) is 7.78. The Kier molecular flexibility index (Phi) is 6.02. The van der Waals surface area contributed by atoms with Crippen molar-refractivity contribution in [2.75, 3.05) is 39.9 Å². The first-order valence-corrected chi connectivity index (χ1v) is 7.47. The molecule has 0 radical (unpaired) electrons. The third-order valence-electron chi connectivity index (χ3n) is 3.82. The lowest BCUT2D eigenvalue weighted by Crippen LogP contribution is -2.39. The summed E-state index contributed by atoms with van der Waals surface area (Å²) in [4.78, 5) is 16.1. The molecule has 5 heteroatoms. The number of amides is 1. The van der Waals surface area contributed by atoms with Gasteiger partial charge in [0, 0.05) is 31.7 Å². The predicted molar refractivity (Wildman–Crippen MR) is 81.2 cm³/mol. The molecule has 0 aliphatic carbocycles. The first kappa shape index (κ1) is 15.8. The summed E-state index contributed by atoms with van der Waals surface area (Å²) in [5, 5.41) is 9.22. The fraction of sp³-hybridized carbons (Fsp3) is 0.562. The van der Waals surface area contributed by atoms with E-state index in [4.69, 9.17) is 4.74 Å². The van der Waals surface area contributed by atoms with Crippen LogP contribution in [0.15, 0.2) is 24.3 Å². The summed E-state index contributed by atoms with van der Waals surface area (Å²) in [7, 11) is 1.64. The van der Waals surface area contributed by atoms with Crippen LogP contribution in [0, 0.1) is 0 Å². The van der Waals surface area contributed by atoms with Gasteiger partial charge in [-0.1, -0.05) is 18.2 Å². The summed E-state index contributed by atoms with van der Waals surface area (Å²) >= 11 is 0. The highest BCUT2D eigenvalue weighted by Crippen LogP contribution is 2.19. The van der Waals surface area contributed by atoms with Crippen LogP contribution >= 0.6 is 0 Å². The highest BCUT2D eigenvalue weighted by molar-refractivity contribution is 5.78. The third kappa shape index (κ3) is 4.44. The molecule has 1 saturated heterocycles. The maximum absolute atomic E-state index is 12.2. The highest BCUT2D eigenvalue weighted by Gasteiger charge is 2.20. The van der Waals surface area contributed by atoms with Crippen LogP contribution in [0.4, 0.5) is 0 Å². The zero-order valence-electron chi connectivity index (χ0n) is 12.6. The van der Waals surface area contributed by atoms with Gasteiger partial charge in [-0.15, -0.1) is 0 Å². The molecule has 2 rings (SSSR count). The number of benzene rings is 1. The number of hydrogen-bond donors (Lipinski definition) is 1. The van der Waals surface area contributed by atoms with Gasteiger partial charge in [0.05, 0.1) is 20.3 Å². The molecule has 1 aliphatic heterocycles. The number of rotatable bonds is 7. The Hall–Kier alpha value is -1.59. The molecule has 1 N–H and O–H groups in total. The Morgan fingerprint density at radius 1 is 1.33 bits per heavy atom. The molecule has 1 amide bonds. The molecule has 0 saturated carbocycles. The minimum Gasteiger partial charge on any atom is -0.496 e. The second-order valence-electron chi connectivity index (χ2n) is 5.33. The number of hydrogen-bond acceptors (Lipinski definition) is 4. The van der Waals surface area contributed by atoms with E-state index in [1.165, 1.54) is 0 Å². The molecule has 0 unspecified atom stereocenters. The third-order valence-corrected chi connectivity index (χ3v) is 3.82. The molecule has 21 heavy (non-hydrogen) atoms. The average Bonchev–Trinajstić information content (AvgIpc) is 3.02. The van der Waals surface area contributed by atoms with E-state index in [-0.39, 0.29) is 12.5 Å². The number of carbonyl (C=O) groups is 1. The molecule has 0 aromatic heterocycles. The second kappa shape index (κ2) is 8.00. The number of aliphatic hydroxyl groups is 1. The molecule has 1 heterocycles. The van der Waals surface area contributed by atoms with Crippen molar-refractivity contribution in [3.8, 4) is 5.75 Å². The van der Waals surface area contributed by atoms with Gasteiger partial charge in [0.2, 0.25) is 5.91 Å². The molecule has 0 spiro atoms. The van der Waals surface area contributed by atoms with Crippen molar-refractivity contribution in [2.45, 2.75) is 19.4 Å². The summed E-state index contributed by atoms with van der Waals surface area (Å²) in [5.41, 5.74) is 1.03. The number of para-hydroxylation sites is 1. The number of methoxy groups -OCH3 is 1. The van der Waals surface area contributed by atoms with Crippen molar-refractivity contribution < 1.29 is 14.6 Å². The van der Waals surface area contributed by atoms with E-state index in [2.05, 4.69) is 0 Å². The van der Waals surface area contributed by atoms with E-state index in [1.807, 2.05) is 34.1 Å². The van der Waals surface area contributed by atoms with Gasteiger partial charge in [-0.25, -0.2) is 0 Å². The minimum atomic E-state index is 0.0441. The SMILES string of the molecule is COc1ccccc1CN(CCO)CC(=O)N1CCCC1. The van der Waals surface area contributed by atoms with E-state index < -0.39 is 0 Å². The van der Waals surface area contributed by atoms with Crippen molar-refractivity contribution >= 4 is 5.91 Å². The zero-order chi connectivity index (χ0) is 15.1. The van der Waals surface area contributed by atoms with Crippen LogP contribution in [-0.4, -0.2) is 60.7 Å². The molecular formula is C16H24N2O3. The molecule has 1 aliphatic rings. The first-order valence-electron chi connectivity index (χ1n) is 7.47. The lowest BCUT2D eigenvalue weighted by atomic mass is 10.2. The minimum absolute atomic E-state index is 0.0441. The molecule has 0 atom stereocenters. The van der Waals surface area contributed by atoms with Crippen molar-refractivity contribution in [3.63, 3.8) is 0 Å². The monoisotopic (exact) mass is 292 g/mol. The lowest BCUT2D eigenvalue weighted by molar-refractivity contribution is -0.131. The Bertz CT molecular complexity index is 459. The van der Waals surface area contributed by atoms with Gasteiger partial charge in [-0.05, 0) is 18.9 Å². The number of likely N-dealkylation sites (tertiary alicyclic amines) is 1. The molecule has 5 nitrogen and oxygen atoms in total. The van der Waals surface area contributed by atoms with Crippen LogP contribution in [-0.2, 0) is 11.3 Å². The Balaban J connectivity index is 1.99. The van der Waals surface area contributed by atoms with E-state index in [1.54, 1.807) is 7.11 Å². The normalized spacial score (nSPS) is 14.7. The van der Waals surface area contributed by atoms with Crippen LogP contribution in [0.5, 0.6) is 5.75 Å². The van der Waals surface area contributed by atoms with Gasteiger partial charge in [-0.2, -0.15) is 0 Å². The first-order chi connectivity index (χ1) is 10.2. The van der Waals surface area contributed by atoms with Gasteiger partial charge in [0.15, 0.2) is 0 Å². The standard InChI is InChI=1S/C16H24N2O3/c1-21-15-7-3-2-6-14(15)12-17(10-11-19)13-16(20)18-8-4-5-9-18/h2-3,6-7,19H,4-5,8-13H2,1H3. The molecular weight excluding hydrogens is 268 g/mol. The molecule has 1 aromatic rings. The quantitative estimate of drug-likeness (QED) is 0.818. The molecule has 0 bridgehead atoms. The lowest BCUT2D eigenvalue weighted by Gasteiger charge is -2.24. The molecule has 116 valence electrons. The molecule has 1 fully saturated rings. The largest absolute Gasteiger partial charge is 0.496 e. The van der Waals surface area contributed by atoms with Crippen LogP contribution < -0.4 is 4.74 Å². The summed E-state index contributed by atoms with van der Waals surface area (Å²) < 4.78 is 5.34. The number of ether oxygens (including phenoxy) is 1. The smallest absolute Gasteiger partial charge is 0.236 e. The van der Waals surface area contributed by atoms with E-state index in [9.17, 15) is 9.90 Å². The predicted octanol–water partition coefficient (Wildman–Crippen LogP) is 1.11. The number of nitrogens with zero attached hydrogens (tertiary/aromatic N) is 2. The fourth-order valence-electron chi connectivity index (χ4n) is 2.69. The van der Waals surface area contributed by atoms with Gasteiger partial charge in [-0.3, -0.25) is 9.69 Å². The van der Waals surface area contributed by atoms with Crippen LogP contribution in [0.25, 0.3) is 0 Å². The Morgan fingerprint density at radius 2 is 2.05 bits per heavy atom. The van der Waals surface area contributed by atoms with E-state index in [0.717, 1.165) is 37.2 Å². The van der Waals surface area contributed by atoms with Gasteiger partial charge < -0.3 is 14.7 Å². The fourth-order valence-corrected chi connectivity index (χ4v) is 2.69. The topological polar surface area (TPSA) is 53.0 Å². The zero-order valence-corrected chi connectivity index (χ0v) is 12.6. The second-order valence-corrected chi connectivity index (χ2v) is 5.33. The maximum Gasteiger partial charge on any atom is 0.236 e. The maximum atomic E-state index is 12.2. The highest BCUT2D eigenvalue weighted by atomic mass is 16.5. The van der Waals surface area contributed by atoms with Crippen LogP contribution in [0.3, 0.4) is 0 Å². The molecule has 1 aromatic carbocycles. The van der Waals surface area contributed by atoms with Crippen LogP contribution in [0.2, 0.25) is 0 Å². The van der Waals surface area contributed by atoms with Crippen LogP contribution in [0.1, 0.15) is 18.4 Å². The number of carbonyl (C=O) groups excluding carboxylic acids is 1. The Labute approximate surface area is 126 Å². The summed E-state index contributed by atoms with van der Waals surface area (Å²) in [6.07, 6.45) is 2.19. The van der Waals surface area contributed by atoms with Gasteiger partial charge in [0.25, 0.3) is 0 Å². The average molecular weight is 292 g/mol. The summed E-state index contributed by atoms with van der Waals surface area (Å²) in [5.74, 6) is 0.963. The van der Waals surface area contributed by atoms with Gasteiger partial charge in [0.1, 0.15) is 5.75 Å². The van der Waals surface area contributed by atoms with Crippen molar-refractivity contribution in [1.29, 1.82) is 0 Å². The van der Waals surface area contributed by atoms with Crippen molar-refractivity contribution in [3.05, 3.63) is 29.8 Å². The summed E-state index contributed by atoms with van der Waals surface area (Å²) in [6.45, 7) is 3.20. The number of aliphatic hydroxyl groups excluding tert-OH is 1. The van der Waals surface area contributed by atoms with Gasteiger partial charge >= 0.3 is 0 Å².